The molecule has 0 radical (unpaired) electrons. The van der Waals surface area contributed by atoms with Crippen molar-refractivity contribution in [2.24, 2.45) is 0 Å². The standard InChI is InChI=1S/C14H17N5O3S/c1-23(21,22)19-10-4-2-3-9(7-10)16-14(20)13-11-8-15-6-5-12(11)17-18-13/h2-4,7,15,19H,5-6,8H2,1H3,(H,16,20)(H,17,18). The molecule has 2 heterocycles. The number of hydrogen-bond acceptors (Lipinski definition) is 5. The number of carbonyl (C=O) groups is 1. The van der Waals surface area contributed by atoms with E-state index in [0.29, 0.717) is 23.6 Å². The lowest BCUT2D eigenvalue weighted by Crippen LogP contribution is -2.25. The highest BCUT2D eigenvalue weighted by Gasteiger charge is 2.21. The van der Waals surface area contributed by atoms with Crippen LogP contribution in [0.15, 0.2) is 24.3 Å². The third kappa shape index (κ3) is 3.69. The number of fused-ring (bicyclic) bond motifs is 1. The molecule has 0 aliphatic carbocycles. The van der Waals surface area contributed by atoms with E-state index >= 15 is 0 Å². The van der Waals surface area contributed by atoms with Gasteiger partial charge in [-0.1, -0.05) is 6.07 Å². The fraction of sp³-hybridized carbons (Fsp3) is 0.286. The molecule has 0 spiro atoms. The zero-order valence-electron chi connectivity index (χ0n) is 12.5. The summed E-state index contributed by atoms with van der Waals surface area (Å²) in [5.41, 5.74) is 3.08. The van der Waals surface area contributed by atoms with E-state index in [1.807, 2.05) is 0 Å². The average Bonchev–Trinajstić information content (AvgIpc) is 2.89. The number of hydrogen-bond donors (Lipinski definition) is 4. The number of nitrogens with one attached hydrogen (secondary N) is 4. The second-order valence-corrected chi connectivity index (χ2v) is 7.11. The lowest BCUT2D eigenvalue weighted by atomic mass is 10.1. The molecule has 2 aromatic rings. The van der Waals surface area contributed by atoms with Gasteiger partial charge in [0.1, 0.15) is 0 Å². The second-order valence-electron chi connectivity index (χ2n) is 5.37. The predicted molar refractivity (Wildman–Crippen MR) is 86.9 cm³/mol. The molecular formula is C14H17N5O3S. The molecule has 4 N–H and O–H groups in total. The second kappa shape index (κ2) is 6.01. The number of aromatic amines is 1. The highest BCUT2D eigenvalue weighted by molar-refractivity contribution is 7.92. The molecule has 0 fully saturated rings. The number of benzene rings is 1. The summed E-state index contributed by atoms with van der Waals surface area (Å²) in [5, 5.41) is 12.9. The van der Waals surface area contributed by atoms with Crippen LogP contribution in [0.1, 0.15) is 21.7 Å². The Balaban J connectivity index is 1.78. The van der Waals surface area contributed by atoms with E-state index in [2.05, 4.69) is 25.6 Å². The quantitative estimate of drug-likeness (QED) is 0.656. The summed E-state index contributed by atoms with van der Waals surface area (Å²) in [6.07, 6.45) is 1.88. The van der Waals surface area contributed by atoms with Gasteiger partial charge in [0.15, 0.2) is 5.69 Å². The molecule has 1 aliphatic rings. The summed E-state index contributed by atoms with van der Waals surface area (Å²) in [4.78, 5) is 12.4. The van der Waals surface area contributed by atoms with Crippen LogP contribution in [0.3, 0.4) is 0 Å². The largest absolute Gasteiger partial charge is 0.321 e. The Hall–Kier alpha value is -2.39. The fourth-order valence-electron chi connectivity index (χ4n) is 2.48. The maximum absolute atomic E-state index is 12.4. The maximum Gasteiger partial charge on any atom is 0.276 e. The van der Waals surface area contributed by atoms with Crippen molar-refractivity contribution in [2.75, 3.05) is 22.8 Å². The summed E-state index contributed by atoms with van der Waals surface area (Å²) in [6, 6.07) is 6.50. The van der Waals surface area contributed by atoms with E-state index in [1.54, 1.807) is 24.3 Å². The van der Waals surface area contributed by atoms with E-state index in [1.165, 1.54) is 0 Å². The SMILES string of the molecule is CS(=O)(=O)Nc1cccc(NC(=O)c2n[nH]c3c2CNCC3)c1. The van der Waals surface area contributed by atoms with Gasteiger partial charge in [-0.15, -0.1) is 0 Å². The van der Waals surface area contributed by atoms with Crippen LogP contribution in [0.25, 0.3) is 0 Å². The van der Waals surface area contributed by atoms with E-state index in [4.69, 9.17) is 0 Å². The van der Waals surface area contributed by atoms with Crippen LogP contribution in [0.2, 0.25) is 0 Å². The fourth-order valence-corrected chi connectivity index (χ4v) is 3.03. The first-order valence-corrected chi connectivity index (χ1v) is 8.97. The molecule has 0 saturated carbocycles. The molecule has 8 nitrogen and oxygen atoms in total. The van der Waals surface area contributed by atoms with E-state index in [9.17, 15) is 13.2 Å². The number of H-pyrrole nitrogens is 1. The molecule has 1 aromatic heterocycles. The normalized spacial score (nSPS) is 14.1. The van der Waals surface area contributed by atoms with E-state index < -0.39 is 10.0 Å². The van der Waals surface area contributed by atoms with Crippen LogP contribution in [0.5, 0.6) is 0 Å². The Morgan fingerprint density at radius 2 is 2.09 bits per heavy atom. The minimum Gasteiger partial charge on any atom is -0.321 e. The number of sulfonamides is 1. The molecule has 23 heavy (non-hydrogen) atoms. The summed E-state index contributed by atoms with van der Waals surface area (Å²) in [6.45, 7) is 1.46. The first-order chi connectivity index (χ1) is 10.9. The molecule has 0 atom stereocenters. The number of anilines is 2. The zero-order valence-corrected chi connectivity index (χ0v) is 13.3. The average molecular weight is 335 g/mol. The summed E-state index contributed by atoms with van der Waals surface area (Å²) >= 11 is 0. The van der Waals surface area contributed by atoms with Crippen LogP contribution >= 0.6 is 0 Å². The van der Waals surface area contributed by atoms with Crippen molar-refractivity contribution in [1.82, 2.24) is 15.5 Å². The van der Waals surface area contributed by atoms with E-state index in [0.717, 1.165) is 30.5 Å². The van der Waals surface area contributed by atoms with E-state index in [-0.39, 0.29) is 5.91 Å². The molecule has 1 aliphatic heterocycles. The van der Waals surface area contributed by atoms with Gasteiger partial charge in [-0.3, -0.25) is 14.6 Å². The Bertz CT molecular complexity index is 844. The molecule has 0 unspecified atom stereocenters. The van der Waals surface area contributed by atoms with Crippen molar-refractivity contribution in [3.05, 3.63) is 41.2 Å². The van der Waals surface area contributed by atoms with Gasteiger partial charge in [0, 0.05) is 36.5 Å². The third-order valence-corrected chi connectivity index (χ3v) is 4.05. The Kier molecular flexibility index (Phi) is 4.05. The summed E-state index contributed by atoms with van der Waals surface area (Å²) < 4.78 is 24.9. The van der Waals surface area contributed by atoms with Gasteiger partial charge in [0.05, 0.1) is 11.9 Å². The Morgan fingerprint density at radius 1 is 1.30 bits per heavy atom. The van der Waals surface area contributed by atoms with Crippen molar-refractivity contribution in [3.8, 4) is 0 Å². The number of aromatic nitrogens is 2. The van der Waals surface area contributed by atoms with Gasteiger partial charge in [0.2, 0.25) is 10.0 Å². The van der Waals surface area contributed by atoms with Crippen molar-refractivity contribution in [1.29, 1.82) is 0 Å². The van der Waals surface area contributed by atoms with Crippen LogP contribution in [0, 0.1) is 0 Å². The van der Waals surface area contributed by atoms with Crippen LogP contribution in [0.4, 0.5) is 11.4 Å². The molecule has 0 saturated heterocycles. The number of carbonyl (C=O) groups excluding carboxylic acids is 1. The highest BCUT2D eigenvalue weighted by atomic mass is 32.2. The Labute approximate surface area is 133 Å². The van der Waals surface area contributed by atoms with Crippen molar-refractivity contribution in [2.45, 2.75) is 13.0 Å². The van der Waals surface area contributed by atoms with Crippen molar-refractivity contribution >= 4 is 27.3 Å². The topological polar surface area (TPSA) is 116 Å². The lowest BCUT2D eigenvalue weighted by molar-refractivity contribution is 0.102. The zero-order chi connectivity index (χ0) is 16.4. The van der Waals surface area contributed by atoms with Crippen molar-refractivity contribution in [3.63, 3.8) is 0 Å². The van der Waals surface area contributed by atoms with Crippen molar-refractivity contribution < 1.29 is 13.2 Å². The number of amides is 1. The van der Waals surface area contributed by atoms with Crippen LogP contribution in [-0.4, -0.2) is 37.3 Å². The third-order valence-electron chi connectivity index (χ3n) is 3.45. The first kappa shape index (κ1) is 15.5. The molecule has 1 amide bonds. The monoisotopic (exact) mass is 335 g/mol. The molecular weight excluding hydrogens is 318 g/mol. The van der Waals surface area contributed by atoms with Crippen LogP contribution < -0.4 is 15.4 Å². The predicted octanol–water partition coefficient (Wildman–Crippen LogP) is 0.679. The molecule has 0 bridgehead atoms. The summed E-state index contributed by atoms with van der Waals surface area (Å²) in [5.74, 6) is -0.331. The van der Waals surface area contributed by atoms with Crippen LogP contribution in [-0.2, 0) is 23.0 Å². The molecule has 3 rings (SSSR count). The molecule has 9 heteroatoms. The minimum atomic E-state index is -3.37. The minimum absolute atomic E-state index is 0.331. The highest BCUT2D eigenvalue weighted by Crippen LogP contribution is 2.19. The smallest absolute Gasteiger partial charge is 0.276 e. The number of rotatable bonds is 4. The molecule has 1 aromatic carbocycles. The van der Waals surface area contributed by atoms with Gasteiger partial charge >= 0.3 is 0 Å². The lowest BCUT2D eigenvalue weighted by Gasteiger charge is -2.13. The molecule has 122 valence electrons. The first-order valence-electron chi connectivity index (χ1n) is 7.08. The van der Waals surface area contributed by atoms with Gasteiger partial charge in [0.25, 0.3) is 5.91 Å². The maximum atomic E-state index is 12.4. The van der Waals surface area contributed by atoms with Gasteiger partial charge < -0.3 is 10.6 Å². The number of nitrogens with zero attached hydrogens (tertiary/aromatic N) is 1. The van der Waals surface area contributed by atoms with Gasteiger partial charge in [-0.2, -0.15) is 5.10 Å². The van der Waals surface area contributed by atoms with Gasteiger partial charge in [-0.05, 0) is 18.2 Å². The Morgan fingerprint density at radius 3 is 2.87 bits per heavy atom. The van der Waals surface area contributed by atoms with Gasteiger partial charge in [-0.25, -0.2) is 8.42 Å². The summed E-state index contributed by atoms with van der Waals surface area (Å²) in [7, 11) is -3.37.